The van der Waals surface area contributed by atoms with Crippen molar-refractivity contribution in [2.45, 2.75) is 38.3 Å². The van der Waals surface area contributed by atoms with Crippen LogP contribution in [0.1, 0.15) is 41.6 Å². The first kappa shape index (κ1) is 17.6. The molecular formula is C17H17N3O6. The molecule has 9 nitrogen and oxygen atoms in total. The van der Waals surface area contributed by atoms with E-state index in [9.17, 15) is 24.0 Å². The molecule has 3 rings (SSSR count). The van der Waals surface area contributed by atoms with Crippen molar-refractivity contribution in [2.75, 3.05) is 5.32 Å². The summed E-state index contributed by atoms with van der Waals surface area (Å²) in [7, 11) is 0. The normalized spacial score (nSPS) is 19.2. The molecule has 0 aliphatic carbocycles. The molecule has 1 unspecified atom stereocenters. The van der Waals surface area contributed by atoms with Crippen LogP contribution in [0.25, 0.3) is 0 Å². The van der Waals surface area contributed by atoms with Gasteiger partial charge in [-0.3, -0.25) is 29.3 Å². The van der Waals surface area contributed by atoms with Crippen LogP contribution in [0.3, 0.4) is 0 Å². The lowest BCUT2D eigenvalue weighted by molar-refractivity contribution is -0.138. The average molecular weight is 359 g/mol. The molecule has 2 aliphatic heterocycles. The first-order valence-corrected chi connectivity index (χ1v) is 8.15. The summed E-state index contributed by atoms with van der Waals surface area (Å²) in [6.45, 7) is 0.135. The first-order valence-electron chi connectivity index (χ1n) is 8.15. The summed E-state index contributed by atoms with van der Waals surface area (Å²) < 4.78 is 0. The number of anilines is 1. The summed E-state index contributed by atoms with van der Waals surface area (Å²) >= 11 is 0. The van der Waals surface area contributed by atoms with Crippen molar-refractivity contribution in [3.63, 3.8) is 0 Å². The standard InChI is InChI=1S/C17H17N3O6/c21-13(6-7-15(23)24)18-11-3-1-2-9-10(11)8-20(17(9)26)12-4-5-14(22)19-16(12)25/h1-3,12H,4-8H2,(H,18,21)(H,23,24)(H,19,22,25). The zero-order chi connectivity index (χ0) is 18.8. The van der Waals surface area contributed by atoms with E-state index in [0.717, 1.165) is 0 Å². The minimum Gasteiger partial charge on any atom is -0.481 e. The van der Waals surface area contributed by atoms with E-state index in [4.69, 9.17) is 5.11 Å². The van der Waals surface area contributed by atoms with Crippen LogP contribution in [0.15, 0.2) is 18.2 Å². The summed E-state index contributed by atoms with van der Waals surface area (Å²) in [6, 6.07) is 4.11. The van der Waals surface area contributed by atoms with Gasteiger partial charge in [0.05, 0.1) is 6.42 Å². The quantitative estimate of drug-likeness (QED) is 0.646. The number of piperidine rings is 1. The summed E-state index contributed by atoms with van der Waals surface area (Å²) in [5.41, 5.74) is 1.37. The van der Waals surface area contributed by atoms with Crippen LogP contribution < -0.4 is 10.6 Å². The van der Waals surface area contributed by atoms with Crippen molar-refractivity contribution in [1.29, 1.82) is 0 Å². The Bertz CT molecular complexity index is 819. The molecule has 136 valence electrons. The fourth-order valence-electron chi connectivity index (χ4n) is 3.14. The maximum Gasteiger partial charge on any atom is 0.303 e. The van der Waals surface area contributed by atoms with Gasteiger partial charge in [0.2, 0.25) is 17.7 Å². The molecule has 2 heterocycles. The number of benzene rings is 1. The third-order valence-electron chi connectivity index (χ3n) is 4.42. The molecular weight excluding hydrogens is 342 g/mol. The Hall–Kier alpha value is -3.23. The molecule has 26 heavy (non-hydrogen) atoms. The Morgan fingerprint density at radius 1 is 1.23 bits per heavy atom. The van der Waals surface area contributed by atoms with Gasteiger partial charge in [-0.15, -0.1) is 0 Å². The third kappa shape index (κ3) is 3.41. The van der Waals surface area contributed by atoms with Crippen molar-refractivity contribution in [2.24, 2.45) is 0 Å². The molecule has 2 aliphatic rings. The van der Waals surface area contributed by atoms with E-state index in [1.165, 1.54) is 4.90 Å². The molecule has 3 N–H and O–H groups in total. The predicted molar refractivity (Wildman–Crippen MR) is 88.0 cm³/mol. The predicted octanol–water partition coefficient (Wildman–Crippen LogP) is 0.251. The number of rotatable bonds is 5. The smallest absolute Gasteiger partial charge is 0.303 e. The molecule has 1 atom stereocenters. The first-order chi connectivity index (χ1) is 12.4. The fraction of sp³-hybridized carbons (Fsp3) is 0.353. The topological polar surface area (TPSA) is 133 Å². The zero-order valence-corrected chi connectivity index (χ0v) is 13.8. The maximum absolute atomic E-state index is 12.6. The Labute approximate surface area is 148 Å². The molecule has 0 radical (unpaired) electrons. The van der Waals surface area contributed by atoms with E-state index in [0.29, 0.717) is 16.8 Å². The Morgan fingerprint density at radius 3 is 2.69 bits per heavy atom. The molecule has 1 saturated heterocycles. The fourth-order valence-corrected chi connectivity index (χ4v) is 3.14. The molecule has 1 aromatic carbocycles. The monoisotopic (exact) mass is 359 g/mol. The number of amides is 4. The van der Waals surface area contributed by atoms with Gasteiger partial charge in [0, 0.05) is 36.2 Å². The van der Waals surface area contributed by atoms with E-state index in [-0.39, 0.29) is 44.0 Å². The third-order valence-corrected chi connectivity index (χ3v) is 4.42. The average Bonchev–Trinajstić information content (AvgIpc) is 2.91. The number of nitrogens with zero attached hydrogens (tertiary/aromatic N) is 1. The summed E-state index contributed by atoms with van der Waals surface area (Å²) in [5, 5.41) is 13.5. The van der Waals surface area contributed by atoms with Crippen LogP contribution in [0.4, 0.5) is 5.69 Å². The number of hydrogen-bond acceptors (Lipinski definition) is 5. The second-order valence-corrected chi connectivity index (χ2v) is 6.17. The van der Waals surface area contributed by atoms with Gasteiger partial charge in [-0.05, 0) is 18.6 Å². The zero-order valence-electron chi connectivity index (χ0n) is 13.8. The Balaban J connectivity index is 1.77. The van der Waals surface area contributed by atoms with Gasteiger partial charge in [0.1, 0.15) is 6.04 Å². The second kappa shape index (κ2) is 6.95. The minimum atomic E-state index is -1.07. The van der Waals surface area contributed by atoms with E-state index >= 15 is 0 Å². The highest BCUT2D eigenvalue weighted by Crippen LogP contribution is 2.32. The van der Waals surface area contributed by atoms with Gasteiger partial charge in [-0.2, -0.15) is 0 Å². The van der Waals surface area contributed by atoms with E-state index < -0.39 is 23.8 Å². The van der Waals surface area contributed by atoms with E-state index in [1.54, 1.807) is 18.2 Å². The number of imide groups is 1. The van der Waals surface area contributed by atoms with Gasteiger partial charge in [0.25, 0.3) is 5.91 Å². The highest BCUT2D eigenvalue weighted by Gasteiger charge is 2.39. The van der Waals surface area contributed by atoms with Crippen LogP contribution in [0.5, 0.6) is 0 Å². The number of carboxylic acid groups (broad SMARTS) is 1. The summed E-state index contributed by atoms with van der Waals surface area (Å²) in [4.78, 5) is 59.8. The van der Waals surface area contributed by atoms with Crippen LogP contribution >= 0.6 is 0 Å². The van der Waals surface area contributed by atoms with Gasteiger partial charge in [-0.1, -0.05) is 6.07 Å². The molecule has 1 aromatic rings. The van der Waals surface area contributed by atoms with Gasteiger partial charge >= 0.3 is 5.97 Å². The van der Waals surface area contributed by atoms with Crippen molar-refractivity contribution in [3.8, 4) is 0 Å². The molecule has 0 aromatic heterocycles. The van der Waals surface area contributed by atoms with Crippen LogP contribution in [0.2, 0.25) is 0 Å². The highest BCUT2D eigenvalue weighted by atomic mass is 16.4. The molecule has 9 heteroatoms. The van der Waals surface area contributed by atoms with Gasteiger partial charge in [0.15, 0.2) is 0 Å². The van der Waals surface area contributed by atoms with Crippen LogP contribution in [-0.2, 0) is 25.7 Å². The number of fused-ring (bicyclic) bond motifs is 1. The Morgan fingerprint density at radius 2 is 2.00 bits per heavy atom. The molecule has 0 bridgehead atoms. The Kier molecular flexibility index (Phi) is 4.70. The van der Waals surface area contributed by atoms with Crippen molar-refractivity contribution < 1.29 is 29.1 Å². The lowest BCUT2D eigenvalue weighted by Crippen LogP contribution is -2.52. The maximum atomic E-state index is 12.6. The number of nitrogens with one attached hydrogen (secondary N) is 2. The number of aliphatic carboxylic acids is 1. The highest BCUT2D eigenvalue weighted by molar-refractivity contribution is 6.06. The lowest BCUT2D eigenvalue weighted by atomic mass is 10.0. The van der Waals surface area contributed by atoms with Crippen molar-refractivity contribution in [1.82, 2.24) is 10.2 Å². The number of carboxylic acids is 1. The van der Waals surface area contributed by atoms with Crippen molar-refractivity contribution >= 4 is 35.3 Å². The summed E-state index contributed by atoms with van der Waals surface area (Å²) in [6.07, 6.45) is -0.0496. The minimum absolute atomic E-state index is 0.135. The number of carbonyl (C=O) groups is 5. The van der Waals surface area contributed by atoms with Crippen LogP contribution in [-0.4, -0.2) is 45.6 Å². The second-order valence-electron chi connectivity index (χ2n) is 6.17. The SMILES string of the molecule is O=C(O)CCC(=O)Nc1cccc2c1CN(C1CCC(=O)NC1=O)C2=O. The van der Waals surface area contributed by atoms with Gasteiger partial charge in [-0.25, -0.2) is 0 Å². The van der Waals surface area contributed by atoms with Crippen molar-refractivity contribution in [3.05, 3.63) is 29.3 Å². The molecule has 0 spiro atoms. The largest absolute Gasteiger partial charge is 0.481 e. The number of hydrogen-bond donors (Lipinski definition) is 3. The van der Waals surface area contributed by atoms with Gasteiger partial charge < -0.3 is 15.3 Å². The lowest BCUT2D eigenvalue weighted by Gasteiger charge is -2.29. The molecule has 4 amide bonds. The summed E-state index contributed by atoms with van der Waals surface area (Å²) in [5.74, 6) is -2.74. The van der Waals surface area contributed by atoms with E-state index in [1.807, 2.05) is 0 Å². The van der Waals surface area contributed by atoms with E-state index in [2.05, 4.69) is 10.6 Å². The molecule has 0 saturated carbocycles. The van der Waals surface area contributed by atoms with Crippen LogP contribution in [0, 0.1) is 0 Å². The number of carbonyl (C=O) groups excluding carboxylic acids is 4. The molecule has 1 fully saturated rings.